The molecule has 1 N–H and O–H groups in total. The Morgan fingerprint density at radius 2 is 2.09 bits per heavy atom. The third-order valence-corrected chi connectivity index (χ3v) is 1.87. The summed E-state index contributed by atoms with van der Waals surface area (Å²) in [7, 11) is 0. The van der Waals surface area contributed by atoms with Crippen LogP contribution in [-0.4, -0.2) is 8.76 Å². The third kappa shape index (κ3) is 1.69. The molecule has 0 aliphatic carbocycles. The maximum Gasteiger partial charge on any atom is 0.0999 e. The van der Waals surface area contributed by atoms with E-state index in [1.54, 1.807) is 12.1 Å². The van der Waals surface area contributed by atoms with Gasteiger partial charge in [-0.25, -0.2) is 5.53 Å². The van der Waals surface area contributed by atoms with Gasteiger partial charge in [-0.1, -0.05) is 12.1 Å². The quantitative estimate of drug-likeness (QED) is 0.539. The third-order valence-electron chi connectivity index (χ3n) is 1.17. The molecule has 11 heavy (non-hydrogen) atoms. The molecule has 0 bridgehead atoms. The molecule has 0 radical (unpaired) electrons. The normalized spacial score (nSPS) is 12.5. The second-order valence-corrected chi connectivity index (χ2v) is 2.72. The van der Waals surface area contributed by atoms with Crippen LogP contribution in [0, 0.1) is 5.53 Å². The van der Waals surface area contributed by atoms with Gasteiger partial charge in [0.05, 0.1) is 10.6 Å². The van der Waals surface area contributed by atoms with Crippen LogP contribution in [0.1, 0.15) is 0 Å². The van der Waals surface area contributed by atoms with Crippen LogP contribution in [0.2, 0.25) is 0 Å². The molecule has 0 saturated heterocycles. The fourth-order valence-corrected chi connectivity index (χ4v) is 1.16. The maximum absolute atomic E-state index is 10.4. The molecule has 0 aliphatic heterocycles. The summed E-state index contributed by atoms with van der Waals surface area (Å²) in [6.45, 7) is 0. The Morgan fingerprint density at radius 1 is 1.45 bits per heavy atom. The SMILES string of the molecule is N=Nc1ccccc1S(=O)[O-]. The number of para-hydroxylation sites is 1. The molecule has 0 saturated carbocycles. The van der Waals surface area contributed by atoms with Gasteiger partial charge in [0.2, 0.25) is 0 Å². The van der Waals surface area contributed by atoms with Gasteiger partial charge in [0.1, 0.15) is 0 Å². The maximum atomic E-state index is 10.4. The predicted octanol–water partition coefficient (Wildman–Crippen LogP) is 1.59. The first-order chi connectivity index (χ1) is 5.25. The van der Waals surface area contributed by atoms with Gasteiger partial charge in [0.25, 0.3) is 0 Å². The molecule has 5 heteroatoms. The van der Waals surface area contributed by atoms with Crippen molar-refractivity contribution in [1.82, 2.24) is 0 Å². The summed E-state index contributed by atoms with van der Waals surface area (Å²) in [6.07, 6.45) is 0. The van der Waals surface area contributed by atoms with Crippen molar-refractivity contribution in [3.63, 3.8) is 0 Å². The molecule has 1 rings (SSSR count). The average Bonchev–Trinajstić information content (AvgIpc) is 2.04. The predicted molar refractivity (Wildman–Crippen MR) is 38.4 cm³/mol. The standard InChI is InChI=1S/C6H6N2O2S/c7-8-5-3-1-2-4-6(5)11(9)10/h1-4,7H,(H,9,10)/p-1. The zero-order valence-electron chi connectivity index (χ0n) is 5.48. The fraction of sp³-hybridized carbons (Fsp3) is 0. The number of benzene rings is 1. The Bertz CT molecular complexity index is 300. The molecule has 1 aromatic rings. The van der Waals surface area contributed by atoms with Crippen molar-refractivity contribution in [2.24, 2.45) is 5.11 Å². The number of rotatable bonds is 2. The van der Waals surface area contributed by atoms with Gasteiger partial charge >= 0.3 is 0 Å². The summed E-state index contributed by atoms with van der Waals surface area (Å²) >= 11 is -2.30. The Balaban J connectivity index is 3.22. The highest BCUT2D eigenvalue weighted by atomic mass is 32.2. The van der Waals surface area contributed by atoms with Crippen LogP contribution in [0.5, 0.6) is 0 Å². The lowest BCUT2D eigenvalue weighted by Gasteiger charge is -2.05. The van der Waals surface area contributed by atoms with Crippen molar-refractivity contribution in [3.8, 4) is 0 Å². The number of hydrogen-bond acceptors (Lipinski definition) is 4. The monoisotopic (exact) mass is 169 g/mol. The van der Waals surface area contributed by atoms with Crippen molar-refractivity contribution in [1.29, 1.82) is 5.53 Å². The molecule has 1 unspecified atom stereocenters. The zero-order chi connectivity index (χ0) is 8.27. The summed E-state index contributed by atoms with van der Waals surface area (Å²) in [5.74, 6) is 0. The lowest BCUT2D eigenvalue weighted by atomic mass is 10.3. The average molecular weight is 169 g/mol. The fourth-order valence-electron chi connectivity index (χ4n) is 0.690. The van der Waals surface area contributed by atoms with Crippen LogP contribution in [0.4, 0.5) is 5.69 Å². The summed E-state index contributed by atoms with van der Waals surface area (Å²) in [4.78, 5) is 0.0579. The Kier molecular flexibility index (Phi) is 2.45. The van der Waals surface area contributed by atoms with Crippen LogP contribution >= 0.6 is 0 Å². The van der Waals surface area contributed by atoms with Gasteiger partial charge in [-0.05, 0) is 23.2 Å². The Morgan fingerprint density at radius 3 is 2.55 bits per heavy atom. The van der Waals surface area contributed by atoms with E-state index in [0.717, 1.165) is 0 Å². The molecule has 4 nitrogen and oxygen atoms in total. The first kappa shape index (κ1) is 8.03. The van der Waals surface area contributed by atoms with E-state index in [2.05, 4.69) is 5.11 Å². The summed E-state index contributed by atoms with van der Waals surface area (Å²) < 4.78 is 20.9. The molecule has 0 heterocycles. The van der Waals surface area contributed by atoms with Gasteiger partial charge in [-0.2, -0.15) is 5.11 Å². The minimum Gasteiger partial charge on any atom is -0.768 e. The molecule has 0 aliphatic rings. The van der Waals surface area contributed by atoms with E-state index < -0.39 is 11.1 Å². The van der Waals surface area contributed by atoms with E-state index in [-0.39, 0.29) is 10.6 Å². The minimum absolute atomic E-state index is 0.0579. The molecular formula is C6H5N2O2S-. The van der Waals surface area contributed by atoms with Gasteiger partial charge in [0, 0.05) is 0 Å². The van der Waals surface area contributed by atoms with Gasteiger partial charge in [-0.3, -0.25) is 4.21 Å². The smallest absolute Gasteiger partial charge is 0.0999 e. The van der Waals surface area contributed by atoms with Crippen molar-refractivity contribution < 1.29 is 8.76 Å². The lowest BCUT2D eigenvalue weighted by molar-refractivity contribution is 0.537. The van der Waals surface area contributed by atoms with E-state index in [4.69, 9.17) is 5.53 Å². The number of nitrogens with one attached hydrogen (secondary N) is 1. The van der Waals surface area contributed by atoms with E-state index >= 15 is 0 Å². The van der Waals surface area contributed by atoms with Crippen LogP contribution in [0.3, 0.4) is 0 Å². The zero-order valence-corrected chi connectivity index (χ0v) is 6.30. The Labute approximate surface area is 66.0 Å². The highest BCUT2D eigenvalue weighted by Gasteiger charge is 1.98. The van der Waals surface area contributed by atoms with Crippen molar-refractivity contribution in [2.45, 2.75) is 4.90 Å². The first-order valence-corrected chi connectivity index (χ1v) is 3.89. The second-order valence-electron chi connectivity index (χ2n) is 1.81. The molecule has 1 atom stereocenters. The van der Waals surface area contributed by atoms with Crippen LogP contribution < -0.4 is 0 Å². The van der Waals surface area contributed by atoms with Crippen LogP contribution in [0.25, 0.3) is 0 Å². The molecule has 0 aromatic heterocycles. The van der Waals surface area contributed by atoms with Crippen LogP contribution in [-0.2, 0) is 11.1 Å². The topological polar surface area (TPSA) is 76.3 Å². The summed E-state index contributed by atoms with van der Waals surface area (Å²) in [5, 5.41) is 3.05. The van der Waals surface area contributed by atoms with Gasteiger partial charge < -0.3 is 4.55 Å². The minimum atomic E-state index is -2.30. The molecule has 0 fully saturated rings. The van der Waals surface area contributed by atoms with Gasteiger partial charge in [-0.15, -0.1) is 0 Å². The van der Waals surface area contributed by atoms with Gasteiger partial charge in [0.15, 0.2) is 0 Å². The van der Waals surface area contributed by atoms with Crippen molar-refractivity contribution >= 4 is 16.8 Å². The first-order valence-electron chi connectivity index (χ1n) is 2.81. The molecule has 58 valence electrons. The highest BCUT2D eigenvalue weighted by molar-refractivity contribution is 7.79. The highest BCUT2D eigenvalue weighted by Crippen LogP contribution is 2.20. The molecule has 0 spiro atoms. The van der Waals surface area contributed by atoms with Crippen molar-refractivity contribution in [2.75, 3.05) is 0 Å². The number of nitrogens with zero attached hydrogens (tertiary/aromatic N) is 1. The molecule has 0 amide bonds. The van der Waals surface area contributed by atoms with E-state index in [1.165, 1.54) is 12.1 Å². The lowest BCUT2D eigenvalue weighted by Crippen LogP contribution is -1.87. The van der Waals surface area contributed by atoms with E-state index in [0.29, 0.717) is 0 Å². The summed E-state index contributed by atoms with van der Waals surface area (Å²) in [6, 6.07) is 6.08. The number of hydrogen-bond donors (Lipinski definition) is 1. The molecular weight excluding hydrogens is 164 g/mol. The summed E-state index contributed by atoms with van der Waals surface area (Å²) in [5.41, 5.74) is 6.80. The van der Waals surface area contributed by atoms with Crippen LogP contribution in [0.15, 0.2) is 34.3 Å². The largest absolute Gasteiger partial charge is 0.768 e. The van der Waals surface area contributed by atoms with Crippen molar-refractivity contribution in [3.05, 3.63) is 24.3 Å². The Hall–Kier alpha value is -1.07. The van der Waals surface area contributed by atoms with E-state index in [1.807, 2.05) is 0 Å². The second kappa shape index (κ2) is 3.36. The molecule has 1 aromatic carbocycles. The van der Waals surface area contributed by atoms with E-state index in [9.17, 15) is 8.76 Å².